The summed E-state index contributed by atoms with van der Waals surface area (Å²) in [4.78, 5) is 5.60. The van der Waals surface area contributed by atoms with Gasteiger partial charge >= 0.3 is 0 Å². The number of hydrogen-bond donors (Lipinski definition) is 1. The zero-order valence-corrected chi connectivity index (χ0v) is 11.7. The van der Waals surface area contributed by atoms with E-state index in [9.17, 15) is 0 Å². The summed E-state index contributed by atoms with van der Waals surface area (Å²) < 4.78 is 0. The monoisotopic (exact) mass is 270 g/mol. The van der Waals surface area contributed by atoms with Crippen LogP contribution in [0.1, 0.15) is 17.0 Å². The number of pyridine rings is 1. The van der Waals surface area contributed by atoms with E-state index in [4.69, 9.17) is 0 Å². The van der Waals surface area contributed by atoms with Crippen LogP contribution in [0.2, 0.25) is 0 Å². The molecule has 1 unspecified atom stereocenters. The van der Waals surface area contributed by atoms with Crippen molar-refractivity contribution in [3.63, 3.8) is 0 Å². The van der Waals surface area contributed by atoms with Crippen LogP contribution in [0, 0.1) is 0 Å². The summed E-state index contributed by atoms with van der Waals surface area (Å²) in [6.45, 7) is 2.10. The number of aromatic nitrogens is 1. The number of nitrogens with one attached hydrogen (secondary N) is 1. The predicted octanol–water partition coefficient (Wildman–Crippen LogP) is 3.10. The lowest BCUT2D eigenvalue weighted by Crippen LogP contribution is -2.23. The highest BCUT2D eigenvalue weighted by molar-refractivity contribution is 7.99. The largest absolute Gasteiger partial charge is 0.316 e. The minimum atomic E-state index is 0.662. The molecule has 0 fully saturated rings. The number of nitrogens with zero attached hydrogens (tertiary/aromatic N) is 1. The molecule has 0 spiro atoms. The van der Waals surface area contributed by atoms with Crippen molar-refractivity contribution in [1.82, 2.24) is 10.3 Å². The Kier molecular flexibility index (Phi) is 4.16. The summed E-state index contributed by atoms with van der Waals surface area (Å²) in [5.41, 5.74) is 2.82. The van der Waals surface area contributed by atoms with Gasteiger partial charge in [-0.25, -0.2) is 0 Å². The van der Waals surface area contributed by atoms with Crippen LogP contribution in [0.3, 0.4) is 0 Å². The van der Waals surface area contributed by atoms with Crippen molar-refractivity contribution < 1.29 is 0 Å². The van der Waals surface area contributed by atoms with E-state index in [1.807, 2.05) is 30.2 Å². The van der Waals surface area contributed by atoms with E-state index in [1.165, 1.54) is 21.8 Å². The summed E-state index contributed by atoms with van der Waals surface area (Å²) in [6.07, 6.45) is 4.82. The first-order valence-corrected chi connectivity index (χ1v) is 7.73. The summed E-state index contributed by atoms with van der Waals surface area (Å²) in [6, 6.07) is 12.9. The van der Waals surface area contributed by atoms with Crippen LogP contribution >= 0.6 is 11.8 Å². The Labute approximate surface area is 118 Å². The first kappa shape index (κ1) is 12.7. The van der Waals surface area contributed by atoms with Crippen LogP contribution in [0.5, 0.6) is 0 Å². The molecule has 1 atom stereocenters. The molecule has 2 aromatic rings. The Balaban J connectivity index is 1.47. The molecule has 2 heterocycles. The number of rotatable bonds is 5. The Bertz CT molecular complexity index is 527. The Morgan fingerprint density at radius 3 is 3.05 bits per heavy atom. The lowest BCUT2D eigenvalue weighted by atomic mass is 10.0. The van der Waals surface area contributed by atoms with Gasteiger partial charge in [0.15, 0.2) is 0 Å². The maximum Gasteiger partial charge on any atom is 0.0300 e. The van der Waals surface area contributed by atoms with Gasteiger partial charge in [-0.15, -0.1) is 11.8 Å². The SMILES string of the molecule is c1cncc(CCNCC2CSc3ccccc32)c1. The van der Waals surface area contributed by atoms with E-state index in [2.05, 4.69) is 40.6 Å². The van der Waals surface area contributed by atoms with Gasteiger partial charge < -0.3 is 5.32 Å². The van der Waals surface area contributed by atoms with Gasteiger partial charge in [-0.1, -0.05) is 24.3 Å². The summed E-state index contributed by atoms with van der Waals surface area (Å²) in [7, 11) is 0. The minimum absolute atomic E-state index is 0.662. The van der Waals surface area contributed by atoms with Gasteiger partial charge in [0.1, 0.15) is 0 Å². The molecule has 0 saturated heterocycles. The minimum Gasteiger partial charge on any atom is -0.316 e. The Morgan fingerprint density at radius 2 is 2.16 bits per heavy atom. The normalized spacial score (nSPS) is 17.4. The van der Waals surface area contributed by atoms with Crippen LogP contribution in [0.4, 0.5) is 0 Å². The highest BCUT2D eigenvalue weighted by Crippen LogP contribution is 2.38. The van der Waals surface area contributed by atoms with Crippen molar-refractivity contribution >= 4 is 11.8 Å². The average Bonchev–Trinajstić information content (AvgIpc) is 2.88. The molecule has 1 aromatic carbocycles. The molecule has 0 saturated carbocycles. The zero-order chi connectivity index (χ0) is 12.9. The lowest BCUT2D eigenvalue weighted by molar-refractivity contribution is 0.621. The fraction of sp³-hybridized carbons (Fsp3) is 0.312. The van der Waals surface area contributed by atoms with E-state index in [1.54, 1.807) is 0 Å². The molecule has 1 N–H and O–H groups in total. The van der Waals surface area contributed by atoms with E-state index in [-0.39, 0.29) is 0 Å². The van der Waals surface area contributed by atoms with Crippen molar-refractivity contribution in [2.45, 2.75) is 17.2 Å². The third kappa shape index (κ3) is 3.17. The molecule has 3 rings (SSSR count). The van der Waals surface area contributed by atoms with Gasteiger partial charge in [0.2, 0.25) is 0 Å². The number of benzene rings is 1. The van der Waals surface area contributed by atoms with E-state index < -0.39 is 0 Å². The van der Waals surface area contributed by atoms with Gasteiger partial charge in [0.05, 0.1) is 0 Å². The van der Waals surface area contributed by atoms with Crippen LogP contribution in [0.15, 0.2) is 53.7 Å². The highest BCUT2D eigenvalue weighted by atomic mass is 32.2. The molecule has 1 aliphatic heterocycles. The standard InChI is InChI=1S/C16H18N2S/c1-2-6-16-15(5-1)14(12-19-16)11-18-9-7-13-4-3-8-17-10-13/h1-6,8,10,14,18H,7,9,11-12H2. The van der Waals surface area contributed by atoms with Crippen LogP contribution in [0.25, 0.3) is 0 Å². The molecule has 0 radical (unpaired) electrons. The highest BCUT2D eigenvalue weighted by Gasteiger charge is 2.21. The third-order valence-corrected chi connectivity index (χ3v) is 4.75. The third-order valence-electron chi connectivity index (χ3n) is 3.50. The molecule has 0 amide bonds. The van der Waals surface area contributed by atoms with Crippen LogP contribution in [-0.2, 0) is 6.42 Å². The molecule has 19 heavy (non-hydrogen) atoms. The second kappa shape index (κ2) is 6.22. The molecular weight excluding hydrogens is 252 g/mol. The molecule has 1 aromatic heterocycles. The maximum absolute atomic E-state index is 4.14. The summed E-state index contributed by atoms with van der Waals surface area (Å²) in [5, 5.41) is 3.58. The fourth-order valence-electron chi connectivity index (χ4n) is 2.45. The van der Waals surface area contributed by atoms with Crippen LogP contribution in [-0.4, -0.2) is 23.8 Å². The van der Waals surface area contributed by atoms with Gasteiger partial charge in [-0.2, -0.15) is 0 Å². The number of thioether (sulfide) groups is 1. The molecule has 0 bridgehead atoms. The second-order valence-corrected chi connectivity index (χ2v) is 5.92. The van der Waals surface area contributed by atoms with Crippen molar-refractivity contribution in [2.24, 2.45) is 0 Å². The fourth-order valence-corrected chi connectivity index (χ4v) is 3.71. The second-order valence-electron chi connectivity index (χ2n) is 4.86. The average molecular weight is 270 g/mol. The van der Waals surface area contributed by atoms with Gasteiger partial charge in [0.25, 0.3) is 0 Å². The van der Waals surface area contributed by atoms with E-state index in [0.29, 0.717) is 5.92 Å². The first-order chi connectivity index (χ1) is 9.43. The molecule has 3 heteroatoms. The quantitative estimate of drug-likeness (QED) is 0.845. The summed E-state index contributed by atoms with van der Waals surface area (Å²) >= 11 is 1.98. The number of fused-ring (bicyclic) bond motifs is 1. The zero-order valence-electron chi connectivity index (χ0n) is 10.9. The van der Waals surface area contributed by atoms with Gasteiger partial charge in [-0.05, 0) is 36.2 Å². The van der Waals surface area contributed by atoms with E-state index >= 15 is 0 Å². The first-order valence-electron chi connectivity index (χ1n) is 6.75. The van der Waals surface area contributed by atoms with E-state index in [0.717, 1.165) is 19.5 Å². The topological polar surface area (TPSA) is 24.9 Å². The molecule has 2 nitrogen and oxygen atoms in total. The van der Waals surface area contributed by atoms with Crippen molar-refractivity contribution in [3.05, 3.63) is 59.9 Å². The molecule has 0 aliphatic carbocycles. The number of hydrogen-bond acceptors (Lipinski definition) is 3. The van der Waals surface area contributed by atoms with Crippen molar-refractivity contribution in [1.29, 1.82) is 0 Å². The Hall–Kier alpha value is -1.32. The summed E-state index contributed by atoms with van der Waals surface area (Å²) in [5.74, 6) is 1.87. The van der Waals surface area contributed by atoms with Gasteiger partial charge in [0, 0.05) is 35.5 Å². The van der Waals surface area contributed by atoms with Gasteiger partial charge in [-0.3, -0.25) is 4.98 Å². The predicted molar refractivity (Wildman–Crippen MR) is 80.7 cm³/mol. The molecular formula is C16H18N2S. The van der Waals surface area contributed by atoms with Crippen molar-refractivity contribution in [3.8, 4) is 0 Å². The molecule has 98 valence electrons. The Morgan fingerprint density at radius 1 is 1.21 bits per heavy atom. The van der Waals surface area contributed by atoms with Crippen molar-refractivity contribution in [2.75, 3.05) is 18.8 Å². The molecule has 1 aliphatic rings. The lowest BCUT2D eigenvalue weighted by Gasteiger charge is -2.11. The smallest absolute Gasteiger partial charge is 0.0300 e. The van der Waals surface area contributed by atoms with Crippen LogP contribution < -0.4 is 5.32 Å². The maximum atomic E-state index is 4.14.